The van der Waals surface area contributed by atoms with Gasteiger partial charge in [-0.2, -0.15) is 13.2 Å². The van der Waals surface area contributed by atoms with Crippen LogP contribution in [0, 0.1) is 5.92 Å². The molecule has 0 aliphatic heterocycles. The molecule has 110 valence electrons. The monoisotopic (exact) mass is 290 g/mol. The standard InChI is InChI=1S/C12H13F3N2O3/c1-7(11(19)20)10(18)17-9-4-2-3-8(5-9)16-6-12(13,14)15/h2-5,7,16H,6H2,1H3,(H,17,18)(H,19,20). The number of carbonyl (C=O) groups is 2. The molecule has 0 heterocycles. The van der Waals surface area contributed by atoms with Gasteiger partial charge in [-0.1, -0.05) is 6.07 Å². The van der Waals surface area contributed by atoms with Gasteiger partial charge in [0, 0.05) is 11.4 Å². The largest absolute Gasteiger partial charge is 0.481 e. The molecule has 1 aromatic rings. The predicted molar refractivity (Wildman–Crippen MR) is 66.4 cm³/mol. The van der Waals surface area contributed by atoms with Crippen LogP contribution in [-0.4, -0.2) is 29.7 Å². The summed E-state index contributed by atoms with van der Waals surface area (Å²) in [4.78, 5) is 22.1. The molecule has 0 bridgehead atoms. The van der Waals surface area contributed by atoms with Crippen molar-refractivity contribution in [2.24, 2.45) is 5.92 Å². The lowest BCUT2D eigenvalue weighted by Crippen LogP contribution is -2.27. The van der Waals surface area contributed by atoms with Crippen molar-refractivity contribution < 1.29 is 27.9 Å². The first-order valence-corrected chi connectivity index (χ1v) is 5.63. The number of amides is 1. The molecule has 3 N–H and O–H groups in total. The van der Waals surface area contributed by atoms with Crippen LogP contribution in [0.25, 0.3) is 0 Å². The molecule has 1 rings (SSSR count). The Balaban J connectivity index is 2.69. The number of carboxylic acids is 1. The number of nitrogens with one attached hydrogen (secondary N) is 2. The van der Waals surface area contributed by atoms with Gasteiger partial charge in [0.15, 0.2) is 0 Å². The Morgan fingerprint density at radius 3 is 2.45 bits per heavy atom. The van der Waals surface area contributed by atoms with Crippen LogP contribution in [0.1, 0.15) is 6.92 Å². The average Bonchev–Trinajstić information content (AvgIpc) is 2.35. The van der Waals surface area contributed by atoms with E-state index in [1.54, 1.807) is 0 Å². The lowest BCUT2D eigenvalue weighted by Gasteiger charge is -2.12. The molecular weight excluding hydrogens is 277 g/mol. The lowest BCUT2D eigenvalue weighted by atomic mass is 10.1. The van der Waals surface area contributed by atoms with Crippen molar-refractivity contribution in [2.75, 3.05) is 17.2 Å². The summed E-state index contributed by atoms with van der Waals surface area (Å²) in [5.74, 6) is -3.28. The summed E-state index contributed by atoms with van der Waals surface area (Å²) in [6.45, 7) is 0.0132. The molecule has 0 spiro atoms. The van der Waals surface area contributed by atoms with Crippen molar-refractivity contribution in [3.63, 3.8) is 0 Å². The summed E-state index contributed by atoms with van der Waals surface area (Å²) in [5, 5.41) is 13.1. The molecule has 0 aliphatic rings. The first-order valence-electron chi connectivity index (χ1n) is 5.63. The Morgan fingerprint density at radius 1 is 1.30 bits per heavy atom. The molecule has 1 aromatic carbocycles. The van der Waals surface area contributed by atoms with Gasteiger partial charge in [0.05, 0.1) is 0 Å². The summed E-state index contributed by atoms with van der Waals surface area (Å²) >= 11 is 0. The Kier molecular flexibility index (Phi) is 4.95. The van der Waals surface area contributed by atoms with Gasteiger partial charge >= 0.3 is 12.1 Å². The van der Waals surface area contributed by atoms with Gasteiger partial charge in [0.1, 0.15) is 12.5 Å². The van der Waals surface area contributed by atoms with Crippen molar-refractivity contribution in [3.05, 3.63) is 24.3 Å². The van der Waals surface area contributed by atoms with Crippen LogP contribution < -0.4 is 10.6 Å². The predicted octanol–water partition coefficient (Wildman–Crippen LogP) is 2.32. The number of rotatable bonds is 5. The quantitative estimate of drug-likeness (QED) is 0.727. The molecule has 0 saturated carbocycles. The van der Waals surface area contributed by atoms with Crippen LogP contribution in [0.3, 0.4) is 0 Å². The van der Waals surface area contributed by atoms with Crippen LogP contribution in [0.4, 0.5) is 24.5 Å². The van der Waals surface area contributed by atoms with Gasteiger partial charge in [-0.05, 0) is 25.1 Å². The lowest BCUT2D eigenvalue weighted by molar-refractivity contribution is -0.144. The zero-order valence-electron chi connectivity index (χ0n) is 10.5. The highest BCUT2D eigenvalue weighted by Gasteiger charge is 2.26. The van der Waals surface area contributed by atoms with Gasteiger partial charge in [0.25, 0.3) is 0 Å². The molecule has 0 radical (unpaired) electrons. The fourth-order valence-electron chi connectivity index (χ4n) is 1.27. The fourth-order valence-corrected chi connectivity index (χ4v) is 1.27. The van der Waals surface area contributed by atoms with E-state index in [4.69, 9.17) is 5.11 Å². The SMILES string of the molecule is CC(C(=O)O)C(=O)Nc1cccc(NCC(F)(F)F)c1. The molecule has 1 atom stereocenters. The van der Waals surface area contributed by atoms with Gasteiger partial charge in [-0.15, -0.1) is 0 Å². The molecule has 0 fully saturated rings. The van der Waals surface area contributed by atoms with Gasteiger partial charge in [-0.3, -0.25) is 9.59 Å². The topological polar surface area (TPSA) is 78.4 Å². The number of aliphatic carboxylic acids is 1. The van der Waals surface area contributed by atoms with E-state index in [1.165, 1.54) is 31.2 Å². The third kappa shape index (κ3) is 5.17. The Labute approximate surface area is 112 Å². The summed E-state index contributed by atoms with van der Waals surface area (Å²) in [6, 6.07) is 5.59. The van der Waals surface area contributed by atoms with Gasteiger partial charge < -0.3 is 15.7 Å². The van der Waals surface area contributed by atoms with Crippen LogP contribution in [0.2, 0.25) is 0 Å². The number of alkyl halides is 3. The number of benzene rings is 1. The van der Waals surface area contributed by atoms with E-state index in [0.717, 1.165) is 0 Å². The van der Waals surface area contributed by atoms with Crippen LogP contribution in [-0.2, 0) is 9.59 Å². The molecule has 20 heavy (non-hydrogen) atoms. The minimum absolute atomic E-state index is 0.170. The van der Waals surface area contributed by atoms with E-state index < -0.39 is 30.5 Å². The van der Waals surface area contributed by atoms with E-state index in [0.29, 0.717) is 0 Å². The van der Waals surface area contributed by atoms with Crippen molar-refractivity contribution in [1.29, 1.82) is 0 Å². The zero-order valence-corrected chi connectivity index (χ0v) is 10.5. The number of carboxylic acid groups (broad SMARTS) is 1. The van der Waals surface area contributed by atoms with Crippen LogP contribution in [0.15, 0.2) is 24.3 Å². The smallest absolute Gasteiger partial charge is 0.405 e. The second kappa shape index (κ2) is 6.27. The first-order chi connectivity index (χ1) is 9.19. The van der Waals surface area contributed by atoms with Crippen molar-refractivity contribution in [1.82, 2.24) is 0 Å². The molecule has 1 amide bonds. The minimum atomic E-state index is -4.35. The number of anilines is 2. The second-order valence-corrected chi connectivity index (χ2v) is 4.10. The maximum atomic E-state index is 12.0. The average molecular weight is 290 g/mol. The molecule has 8 heteroatoms. The summed E-state index contributed by atoms with van der Waals surface area (Å²) < 4.78 is 36.1. The maximum Gasteiger partial charge on any atom is 0.405 e. The molecule has 1 unspecified atom stereocenters. The molecule has 0 saturated heterocycles. The normalized spacial score (nSPS) is 12.6. The van der Waals surface area contributed by atoms with Crippen LogP contribution in [0.5, 0.6) is 0 Å². The summed E-state index contributed by atoms with van der Waals surface area (Å²) in [7, 11) is 0. The van der Waals surface area contributed by atoms with E-state index in [2.05, 4.69) is 10.6 Å². The van der Waals surface area contributed by atoms with E-state index >= 15 is 0 Å². The highest BCUT2D eigenvalue weighted by Crippen LogP contribution is 2.19. The number of halogens is 3. The molecule has 0 aliphatic carbocycles. The van der Waals surface area contributed by atoms with Crippen molar-refractivity contribution in [3.8, 4) is 0 Å². The molecule has 0 aromatic heterocycles. The Bertz CT molecular complexity index is 503. The maximum absolute atomic E-state index is 12.0. The number of carbonyl (C=O) groups excluding carboxylic acids is 1. The van der Waals surface area contributed by atoms with Crippen LogP contribution >= 0.6 is 0 Å². The highest BCUT2D eigenvalue weighted by atomic mass is 19.4. The van der Waals surface area contributed by atoms with Gasteiger partial charge in [0.2, 0.25) is 5.91 Å². The zero-order chi connectivity index (χ0) is 15.3. The van der Waals surface area contributed by atoms with E-state index in [-0.39, 0.29) is 11.4 Å². The summed E-state index contributed by atoms with van der Waals surface area (Å²) in [5.41, 5.74) is 0.387. The third-order valence-electron chi connectivity index (χ3n) is 2.39. The van der Waals surface area contributed by atoms with Crippen molar-refractivity contribution in [2.45, 2.75) is 13.1 Å². The molecule has 5 nitrogen and oxygen atoms in total. The van der Waals surface area contributed by atoms with E-state index in [9.17, 15) is 22.8 Å². The fraction of sp³-hybridized carbons (Fsp3) is 0.333. The number of hydrogen-bond acceptors (Lipinski definition) is 3. The minimum Gasteiger partial charge on any atom is -0.481 e. The van der Waals surface area contributed by atoms with Crippen molar-refractivity contribution >= 4 is 23.3 Å². The first kappa shape index (κ1) is 15.8. The Hall–Kier alpha value is -2.25. The Morgan fingerprint density at radius 2 is 1.90 bits per heavy atom. The highest BCUT2D eigenvalue weighted by molar-refractivity contribution is 6.03. The summed E-state index contributed by atoms with van der Waals surface area (Å²) in [6.07, 6.45) is -4.35. The second-order valence-electron chi connectivity index (χ2n) is 4.10. The molecular formula is C12H13F3N2O3. The van der Waals surface area contributed by atoms with Gasteiger partial charge in [-0.25, -0.2) is 0 Å². The third-order valence-corrected chi connectivity index (χ3v) is 2.39. The van der Waals surface area contributed by atoms with E-state index in [1.807, 2.05) is 0 Å². The number of hydrogen-bond donors (Lipinski definition) is 3.